The zero-order chi connectivity index (χ0) is 16.7. The fourth-order valence-electron chi connectivity index (χ4n) is 5.46. The summed E-state index contributed by atoms with van der Waals surface area (Å²) in [5, 5.41) is 2.30. The van der Waals surface area contributed by atoms with Crippen molar-refractivity contribution < 1.29 is 4.42 Å². The van der Waals surface area contributed by atoms with Crippen LogP contribution in [0.25, 0.3) is 22.1 Å². The maximum Gasteiger partial charge on any atom is 0.227 e. The summed E-state index contributed by atoms with van der Waals surface area (Å²) in [5.41, 5.74) is 4.98. The number of aromatic nitrogens is 1. The maximum atomic E-state index is 6.26. The van der Waals surface area contributed by atoms with Gasteiger partial charge in [-0.1, -0.05) is 19.1 Å². The number of hydrogen-bond acceptors (Lipinski definition) is 3. The first kappa shape index (κ1) is 14.3. The van der Waals surface area contributed by atoms with Crippen molar-refractivity contribution in [2.45, 2.75) is 58.5 Å². The third-order valence-corrected chi connectivity index (χ3v) is 6.83. The van der Waals surface area contributed by atoms with Gasteiger partial charge < -0.3 is 9.32 Å². The van der Waals surface area contributed by atoms with E-state index in [1.807, 2.05) is 6.07 Å². The molecule has 3 aromatic rings. The molecule has 5 rings (SSSR count). The van der Waals surface area contributed by atoms with Crippen LogP contribution in [0.5, 0.6) is 0 Å². The molecule has 3 nitrogen and oxygen atoms in total. The number of nitrogens with zero attached hydrogens (tertiary/aromatic N) is 2. The minimum atomic E-state index is 0.236. The van der Waals surface area contributed by atoms with E-state index in [1.54, 1.807) is 6.20 Å². The summed E-state index contributed by atoms with van der Waals surface area (Å²) in [4.78, 5) is 7.09. The Morgan fingerprint density at radius 1 is 1.17 bits per heavy atom. The van der Waals surface area contributed by atoms with Crippen molar-refractivity contribution in [3.05, 3.63) is 36.0 Å². The van der Waals surface area contributed by atoms with Gasteiger partial charge in [-0.2, -0.15) is 0 Å². The second kappa shape index (κ2) is 4.33. The highest BCUT2D eigenvalue weighted by Crippen LogP contribution is 2.60. The van der Waals surface area contributed by atoms with E-state index >= 15 is 0 Å². The molecular formula is C21H24N2O. The Hall–Kier alpha value is -2.03. The standard InChI is InChI=1S/C21H24N2O/c1-13-7-8-15-16-6-5-11-22-19(16)24-18(15)17(13)23-14(2)20(3)9-10-21(23,4)12-20/h5-8,11,14H,9-10,12H2,1-4H3/t14-,20?,21?/m0/s1. The number of furan rings is 1. The molecule has 0 N–H and O–H groups in total. The number of benzene rings is 1. The van der Waals surface area contributed by atoms with Gasteiger partial charge >= 0.3 is 0 Å². The Kier molecular flexibility index (Phi) is 2.58. The Balaban J connectivity index is 1.82. The summed E-state index contributed by atoms with van der Waals surface area (Å²) in [7, 11) is 0. The lowest BCUT2D eigenvalue weighted by Gasteiger charge is -2.44. The number of anilines is 1. The number of piperidine rings is 1. The van der Waals surface area contributed by atoms with Crippen LogP contribution in [0.1, 0.15) is 45.6 Å². The lowest BCUT2D eigenvalue weighted by Crippen LogP contribution is -2.49. The quantitative estimate of drug-likeness (QED) is 0.597. The average molecular weight is 320 g/mol. The van der Waals surface area contributed by atoms with Gasteiger partial charge in [0.15, 0.2) is 5.58 Å². The molecule has 2 unspecified atom stereocenters. The molecule has 1 aliphatic carbocycles. The molecular weight excluding hydrogens is 296 g/mol. The second-order valence-electron chi connectivity index (χ2n) is 8.44. The molecule has 1 saturated heterocycles. The molecule has 0 spiro atoms. The van der Waals surface area contributed by atoms with E-state index in [4.69, 9.17) is 4.42 Å². The summed E-state index contributed by atoms with van der Waals surface area (Å²) in [6, 6.07) is 9.05. The smallest absolute Gasteiger partial charge is 0.227 e. The Morgan fingerprint density at radius 2 is 2.00 bits per heavy atom. The van der Waals surface area contributed by atoms with Gasteiger partial charge in [-0.05, 0) is 63.1 Å². The first-order valence-electron chi connectivity index (χ1n) is 8.99. The van der Waals surface area contributed by atoms with Crippen molar-refractivity contribution in [2.75, 3.05) is 4.90 Å². The summed E-state index contributed by atoms with van der Waals surface area (Å²) in [5.74, 6) is 0. The predicted octanol–water partition coefficient (Wildman–Crippen LogP) is 5.45. The van der Waals surface area contributed by atoms with Crippen molar-refractivity contribution >= 4 is 27.8 Å². The van der Waals surface area contributed by atoms with Crippen LogP contribution < -0.4 is 4.90 Å². The fourth-order valence-corrected chi connectivity index (χ4v) is 5.46. The normalized spacial score (nSPS) is 32.3. The van der Waals surface area contributed by atoms with Crippen molar-refractivity contribution in [3.8, 4) is 0 Å². The molecule has 2 fully saturated rings. The number of fused-ring (bicyclic) bond motifs is 5. The van der Waals surface area contributed by atoms with Crippen LogP contribution in [0, 0.1) is 12.3 Å². The molecule has 0 amide bonds. The van der Waals surface area contributed by atoms with Crippen LogP contribution in [0.3, 0.4) is 0 Å². The third-order valence-electron chi connectivity index (χ3n) is 6.83. The molecule has 3 heteroatoms. The summed E-state index contributed by atoms with van der Waals surface area (Å²) < 4.78 is 6.26. The van der Waals surface area contributed by atoms with E-state index in [0.717, 1.165) is 16.7 Å². The SMILES string of the molecule is Cc1ccc2c(oc3ncccc32)c1N1[C@@H](C)C2(C)CCC1(C)C2. The summed E-state index contributed by atoms with van der Waals surface area (Å²) >= 11 is 0. The van der Waals surface area contributed by atoms with Crippen LogP contribution in [0.4, 0.5) is 5.69 Å². The van der Waals surface area contributed by atoms with Crippen LogP contribution in [-0.4, -0.2) is 16.6 Å². The molecule has 1 saturated carbocycles. The van der Waals surface area contributed by atoms with Gasteiger partial charge in [0.25, 0.3) is 0 Å². The fraction of sp³-hybridized carbons (Fsp3) is 0.476. The van der Waals surface area contributed by atoms with E-state index in [-0.39, 0.29) is 5.54 Å². The predicted molar refractivity (Wildman–Crippen MR) is 98.6 cm³/mol. The number of aryl methyl sites for hydroxylation is 1. The van der Waals surface area contributed by atoms with Gasteiger partial charge in [0.1, 0.15) is 0 Å². The van der Waals surface area contributed by atoms with Crippen molar-refractivity contribution in [2.24, 2.45) is 5.41 Å². The van der Waals surface area contributed by atoms with E-state index in [2.05, 4.69) is 55.8 Å². The molecule has 2 bridgehead atoms. The molecule has 3 heterocycles. The topological polar surface area (TPSA) is 29.3 Å². The highest BCUT2D eigenvalue weighted by molar-refractivity contribution is 6.08. The lowest BCUT2D eigenvalue weighted by molar-refractivity contribution is 0.290. The van der Waals surface area contributed by atoms with Gasteiger partial charge in [0.2, 0.25) is 5.71 Å². The van der Waals surface area contributed by atoms with Gasteiger partial charge in [-0.25, -0.2) is 4.98 Å². The van der Waals surface area contributed by atoms with Gasteiger partial charge in [-0.15, -0.1) is 0 Å². The zero-order valence-corrected chi connectivity index (χ0v) is 14.9. The van der Waals surface area contributed by atoms with E-state index in [1.165, 1.54) is 35.9 Å². The van der Waals surface area contributed by atoms with Gasteiger partial charge in [0, 0.05) is 28.6 Å². The zero-order valence-electron chi connectivity index (χ0n) is 14.9. The summed E-state index contributed by atoms with van der Waals surface area (Å²) in [6.07, 6.45) is 5.68. The van der Waals surface area contributed by atoms with Crippen molar-refractivity contribution in [3.63, 3.8) is 0 Å². The molecule has 0 radical (unpaired) electrons. The molecule has 2 aromatic heterocycles. The van der Waals surface area contributed by atoms with Crippen LogP contribution >= 0.6 is 0 Å². The second-order valence-corrected chi connectivity index (χ2v) is 8.44. The van der Waals surface area contributed by atoms with E-state index in [0.29, 0.717) is 11.5 Å². The third kappa shape index (κ3) is 1.60. The molecule has 1 aliphatic heterocycles. The molecule has 2 aliphatic rings. The average Bonchev–Trinajstić information content (AvgIpc) is 3.13. The van der Waals surface area contributed by atoms with Crippen LogP contribution in [0.2, 0.25) is 0 Å². The van der Waals surface area contributed by atoms with Crippen LogP contribution in [0.15, 0.2) is 34.9 Å². The van der Waals surface area contributed by atoms with E-state index < -0.39 is 0 Å². The number of hydrogen-bond donors (Lipinski definition) is 0. The molecule has 124 valence electrons. The van der Waals surface area contributed by atoms with Gasteiger partial charge in [-0.3, -0.25) is 0 Å². The van der Waals surface area contributed by atoms with Crippen molar-refractivity contribution in [1.82, 2.24) is 4.98 Å². The lowest BCUT2D eigenvalue weighted by atomic mass is 9.82. The van der Waals surface area contributed by atoms with Gasteiger partial charge in [0.05, 0.1) is 5.69 Å². The highest BCUT2D eigenvalue weighted by atomic mass is 16.3. The Labute approximate surface area is 142 Å². The highest BCUT2D eigenvalue weighted by Gasteiger charge is 2.59. The minimum Gasteiger partial charge on any atom is -0.436 e. The maximum absolute atomic E-state index is 6.26. The molecule has 3 atom stereocenters. The minimum absolute atomic E-state index is 0.236. The van der Waals surface area contributed by atoms with Crippen LogP contribution in [-0.2, 0) is 0 Å². The molecule has 1 aromatic carbocycles. The monoisotopic (exact) mass is 320 g/mol. The summed E-state index contributed by atoms with van der Waals surface area (Å²) in [6.45, 7) is 9.49. The largest absolute Gasteiger partial charge is 0.436 e. The Morgan fingerprint density at radius 3 is 2.75 bits per heavy atom. The Bertz CT molecular complexity index is 975. The first-order chi connectivity index (χ1) is 11.4. The van der Waals surface area contributed by atoms with Crippen molar-refractivity contribution in [1.29, 1.82) is 0 Å². The number of rotatable bonds is 1. The molecule has 24 heavy (non-hydrogen) atoms. The number of pyridine rings is 1. The van der Waals surface area contributed by atoms with E-state index in [9.17, 15) is 0 Å². The first-order valence-corrected chi connectivity index (χ1v) is 8.99.